The zero-order valence-corrected chi connectivity index (χ0v) is 13.4. The Morgan fingerprint density at radius 1 is 0.905 bits per heavy atom. The Kier molecular flexibility index (Phi) is 7.30. The minimum absolute atomic E-state index is 0.354. The molecule has 0 aromatic carbocycles. The second-order valence-electron chi connectivity index (χ2n) is 7.14. The fraction of sp³-hybridized carbons (Fsp3) is 0.842. The monoisotopic (exact) mass is 289 g/mol. The van der Waals surface area contributed by atoms with Gasteiger partial charge in [-0.3, -0.25) is 0 Å². The van der Waals surface area contributed by atoms with Crippen LogP contribution in [0.1, 0.15) is 64.2 Å². The molecule has 2 heteroatoms. The fourth-order valence-electron chi connectivity index (χ4n) is 4.06. The molecule has 0 unspecified atom stereocenters. The lowest BCUT2D eigenvalue weighted by Gasteiger charge is -2.30. The van der Waals surface area contributed by atoms with Crippen LogP contribution in [0.25, 0.3) is 0 Å². The third-order valence-electron chi connectivity index (χ3n) is 5.57. The molecule has 2 rings (SSSR count). The van der Waals surface area contributed by atoms with Crippen molar-refractivity contribution in [1.82, 2.24) is 0 Å². The van der Waals surface area contributed by atoms with E-state index in [0.29, 0.717) is 12.5 Å². The molecule has 0 saturated heterocycles. The summed E-state index contributed by atoms with van der Waals surface area (Å²) in [6, 6.07) is 2.44. The molecule has 0 heterocycles. The lowest BCUT2D eigenvalue weighted by molar-refractivity contribution is 0.0937. The van der Waals surface area contributed by atoms with E-state index in [1.165, 1.54) is 51.4 Å². The van der Waals surface area contributed by atoms with Crippen molar-refractivity contribution in [3.05, 3.63) is 12.7 Å². The average molecular weight is 289 g/mol. The lowest BCUT2D eigenvalue weighted by atomic mass is 9.76. The highest BCUT2D eigenvalue weighted by atomic mass is 16.5. The number of hydrogen-bond donors (Lipinski definition) is 0. The Bertz CT molecular complexity index is 330. The van der Waals surface area contributed by atoms with Crippen LogP contribution in [0.3, 0.4) is 0 Å². The molecule has 118 valence electrons. The van der Waals surface area contributed by atoms with Crippen LogP contribution >= 0.6 is 0 Å². The summed E-state index contributed by atoms with van der Waals surface area (Å²) in [4.78, 5) is 0. The first kappa shape index (κ1) is 16.6. The normalized spacial score (nSPS) is 33.3. The van der Waals surface area contributed by atoms with E-state index in [1.807, 2.05) is 6.08 Å². The van der Waals surface area contributed by atoms with Crippen LogP contribution in [0.5, 0.6) is 0 Å². The first-order valence-corrected chi connectivity index (χ1v) is 8.90. The lowest BCUT2D eigenvalue weighted by Crippen LogP contribution is -2.20. The van der Waals surface area contributed by atoms with Crippen molar-refractivity contribution in [2.24, 2.45) is 23.7 Å². The topological polar surface area (TPSA) is 33.0 Å². The van der Waals surface area contributed by atoms with Gasteiger partial charge in [-0.05, 0) is 56.3 Å². The van der Waals surface area contributed by atoms with Crippen LogP contribution in [-0.4, -0.2) is 13.2 Å². The summed E-state index contributed by atoms with van der Waals surface area (Å²) in [6.07, 6.45) is 15.0. The van der Waals surface area contributed by atoms with Crippen molar-refractivity contribution < 1.29 is 4.74 Å². The van der Waals surface area contributed by atoms with Crippen LogP contribution in [0, 0.1) is 35.0 Å². The van der Waals surface area contributed by atoms with Crippen molar-refractivity contribution in [2.75, 3.05) is 13.2 Å². The Morgan fingerprint density at radius 2 is 1.43 bits per heavy atom. The summed E-state index contributed by atoms with van der Waals surface area (Å²) in [5, 5.41) is 8.95. The van der Waals surface area contributed by atoms with E-state index < -0.39 is 0 Å². The van der Waals surface area contributed by atoms with Gasteiger partial charge in [0.15, 0.2) is 0 Å². The van der Waals surface area contributed by atoms with E-state index in [4.69, 9.17) is 10.00 Å². The van der Waals surface area contributed by atoms with Crippen LogP contribution in [0.4, 0.5) is 0 Å². The van der Waals surface area contributed by atoms with Gasteiger partial charge in [0.05, 0.1) is 12.7 Å². The Morgan fingerprint density at radius 3 is 1.95 bits per heavy atom. The molecule has 2 aliphatic carbocycles. The van der Waals surface area contributed by atoms with Gasteiger partial charge in [-0.15, -0.1) is 6.58 Å². The van der Waals surface area contributed by atoms with Crippen molar-refractivity contribution >= 4 is 0 Å². The third-order valence-corrected chi connectivity index (χ3v) is 5.57. The summed E-state index contributed by atoms with van der Waals surface area (Å²) >= 11 is 0. The summed E-state index contributed by atoms with van der Waals surface area (Å²) in [7, 11) is 0. The highest BCUT2D eigenvalue weighted by Crippen LogP contribution is 2.36. The van der Waals surface area contributed by atoms with Crippen LogP contribution < -0.4 is 0 Å². The van der Waals surface area contributed by atoms with E-state index in [-0.39, 0.29) is 0 Å². The fourth-order valence-corrected chi connectivity index (χ4v) is 4.06. The van der Waals surface area contributed by atoms with Gasteiger partial charge in [0, 0.05) is 12.5 Å². The minimum Gasteiger partial charge on any atom is -0.377 e. The molecule has 2 aliphatic rings. The molecule has 0 aromatic heterocycles. The predicted octanol–water partition coefficient (Wildman–Crippen LogP) is 5.11. The largest absolute Gasteiger partial charge is 0.377 e. The van der Waals surface area contributed by atoms with Gasteiger partial charge in [0.1, 0.15) is 0 Å². The SMILES string of the molecule is C=CCOCC1CCC(CCC2CCC(C#N)CC2)CC1. The van der Waals surface area contributed by atoms with Crippen molar-refractivity contribution in [3.63, 3.8) is 0 Å². The van der Waals surface area contributed by atoms with Crippen LogP contribution in [0.2, 0.25) is 0 Å². The number of nitrogens with zero attached hydrogens (tertiary/aromatic N) is 1. The molecule has 2 saturated carbocycles. The van der Waals surface area contributed by atoms with Crippen molar-refractivity contribution in [2.45, 2.75) is 64.2 Å². The first-order valence-electron chi connectivity index (χ1n) is 8.90. The summed E-state index contributed by atoms with van der Waals surface area (Å²) < 4.78 is 5.59. The van der Waals surface area contributed by atoms with Gasteiger partial charge in [-0.2, -0.15) is 5.26 Å². The maximum atomic E-state index is 8.95. The molecule has 0 aromatic rings. The summed E-state index contributed by atoms with van der Waals surface area (Å²) in [5.41, 5.74) is 0. The second-order valence-corrected chi connectivity index (χ2v) is 7.14. The highest BCUT2D eigenvalue weighted by molar-refractivity contribution is 4.87. The average Bonchev–Trinajstić information content (AvgIpc) is 2.55. The van der Waals surface area contributed by atoms with Gasteiger partial charge in [0.2, 0.25) is 0 Å². The molecule has 0 atom stereocenters. The summed E-state index contributed by atoms with van der Waals surface area (Å²) in [5.74, 6) is 3.00. The molecular formula is C19H31NO. The standard InChI is InChI=1S/C19H31NO/c1-2-13-21-15-19-11-7-17(8-12-19)4-3-16-5-9-18(14-20)10-6-16/h2,16-19H,1,3-13,15H2. The molecule has 0 spiro atoms. The van der Waals surface area contributed by atoms with E-state index in [9.17, 15) is 0 Å². The van der Waals surface area contributed by atoms with Crippen LogP contribution in [-0.2, 0) is 4.74 Å². The second kappa shape index (κ2) is 9.26. The van der Waals surface area contributed by atoms with Crippen LogP contribution in [0.15, 0.2) is 12.7 Å². The Hall–Kier alpha value is -0.810. The highest BCUT2D eigenvalue weighted by Gasteiger charge is 2.24. The molecule has 2 nitrogen and oxygen atoms in total. The van der Waals surface area contributed by atoms with Crippen molar-refractivity contribution in [3.8, 4) is 6.07 Å². The molecule has 0 N–H and O–H groups in total. The molecule has 0 amide bonds. The van der Waals surface area contributed by atoms with E-state index in [1.54, 1.807) is 0 Å². The molecule has 21 heavy (non-hydrogen) atoms. The smallest absolute Gasteiger partial charge is 0.0655 e. The molecule has 0 bridgehead atoms. The Balaban J connectivity index is 1.55. The van der Waals surface area contributed by atoms with Gasteiger partial charge in [0.25, 0.3) is 0 Å². The van der Waals surface area contributed by atoms with Gasteiger partial charge in [-0.25, -0.2) is 0 Å². The maximum absolute atomic E-state index is 8.95. The van der Waals surface area contributed by atoms with Gasteiger partial charge >= 0.3 is 0 Å². The molecule has 2 fully saturated rings. The van der Waals surface area contributed by atoms with Crippen molar-refractivity contribution in [1.29, 1.82) is 5.26 Å². The van der Waals surface area contributed by atoms with E-state index in [2.05, 4.69) is 12.6 Å². The minimum atomic E-state index is 0.354. The zero-order chi connectivity index (χ0) is 14.9. The molecule has 0 aliphatic heterocycles. The quantitative estimate of drug-likeness (QED) is 0.482. The first-order chi connectivity index (χ1) is 10.3. The number of hydrogen-bond acceptors (Lipinski definition) is 2. The zero-order valence-electron chi connectivity index (χ0n) is 13.4. The number of rotatable bonds is 7. The number of nitriles is 1. The predicted molar refractivity (Wildman–Crippen MR) is 86.8 cm³/mol. The third kappa shape index (κ3) is 5.83. The van der Waals surface area contributed by atoms with Gasteiger partial charge < -0.3 is 4.74 Å². The molecule has 0 radical (unpaired) electrons. The summed E-state index contributed by atoms with van der Waals surface area (Å²) in [6.45, 7) is 5.32. The van der Waals surface area contributed by atoms with E-state index >= 15 is 0 Å². The Labute approximate surface area is 130 Å². The maximum Gasteiger partial charge on any atom is 0.0655 e. The van der Waals surface area contributed by atoms with E-state index in [0.717, 1.165) is 37.2 Å². The van der Waals surface area contributed by atoms with Gasteiger partial charge in [-0.1, -0.05) is 31.8 Å². The molecular weight excluding hydrogens is 258 g/mol. The number of ether oxygens (including phenoxy) is 1.